The van der Waals surface area contributed by atoms with E-state index in [2.05, 4.69) is 28.7 Å². The van der Waals surface area contributed by atoms with Crippen molar-refractivity contribution in [3.8, 4) is 23.7 Å². The quantitative estimate of drug-likeness (QED) is 0.228. The van der Waals surface area contributed by atoms with E-state index in [0.29, 0.717) is 16.5 Å². The number of fused-ring (bicyclic) bond motifs is 1. The molecule has 35 heavy (non-hydrogen) atoms. The summed E-state index contributed by atoms with van der Waals surface area (Å²) in [6.45, 7) is -0.927. The summed E-state index contributed by atoms with van der Waals surface area (Å²) < 4.78 is 11.0. The molecular formula is C25H27NO9. The Morgan fingerprint density at radius 3 is 2.06 bits per heavy atom. The predicted octanol–water partition coefficient (Wildman–Crippen LogP) is -2.35. The largest absolute Gasteiger partial charge is 0.394 e. The summed E-state index contributed by atoms with van der Waals surface area (Å²) in [4.78, 5) is 4.14. The maximum Gasteiger partial charge on any atom is 0.147 e. The number of aromatic nitrogens is 1. The Bertz CT molecular complexity index is 1160. The standard InChI is InChI=1S/C25H27NO9/c27-11-21-18(30)9-17(29)19(34-21)5-3-13-1-2-14(16-10-26-8-7-15(13)16)4-6-20-23(31)25(33)24(32)22(12-28)35-20/h1-2,7-8,10,17-25,27-33H,9,11-12H2/t17?,18-,19?,20?,21?,22?,23?,24+,25?/m0/s1. The van der Waals surface area contributed by atoms with Crippen LogP contribution in [0, 0.1) is 23.7 Å². The maximum atomic E-state index is 10.2. The molecule has 7 unspecified atom stereocenters. The number of hydrogen-bond acceptors (Lipinski definition) is 10. The second-order valence-corrected chi connectivity index (χ2v) is 8.52. The van der Waals surface area contributed by atoms with E-state index in [1.807, 2.05) is 0 Å². The number of hydrogen-bond donors (Lipinski definition) is 7. The van der Waals surface area contributed by atoms with Gasteiger partial charge in [-0.05, 0) is 18.2 Å². The smallest absolute Gasteiger partial charge is 0.147 e. The van der Waals surface area contributed by atoms with Crippen LogP contribution in [0.2, 0.25) is 0 Å². The summed E-state index contributed by atoms with van der Waals surface area (Å²) in [5.74, 6) is 11.5. The lowest BCUT2D eigenvalue weighted by Crippen LogP contribution is -2.58. The zero-order valence-corrected chi connectivity index (χ0v) is 18.6. The highest BCUT2D eigenvalue weighted by molar-refractivity contribution is 5.92. The molecule has 186 valence electrons. The fourth-order valence-corrected chi connectivity index (χ4v) is 4.11. The van der Waals surface area contributed by atoms with Gasteiger partial charge in [-0.2, -0.15) is 0 Å². The number of aliphatic hydroxyl groups is 7. The minimum Gasteiger partial charge on any atom is -0.394 e. The van der Waals surface area contributed by atoms with Gasteiger partial charge in [0.25, 0.3) is 0 Å². The maximum absolute atomic E-state index is 10.2. The van der Waals surface area contributed by atoms with Gasteiger partial charge in [0.15, 0.2) is 0 Å². The average Bonchev–Trinajstić information content (AvgIpc) is 2.87. The zero-order chi connectivity index (χ0) is 25.1. The molecule has 10 nitrogen and oxygen atoms in total. The molecule has 7 N–H and O–H groups in total. The zero-order valence-electron chi connectivity index (χ0n) is 18.6. The minimum absolute atomic E-state index is 0.0434. The van der Waals surface area contributed by atoms with Gasteiger partial charge in [-0.3, -0.25) is 4.98 Å². The Hall–Kier alpha value is -2.61. The summed E-state index contributed by atoms with van der Waals surface area (Å²) in [6.07, 6.45) is -7.05. The van der Waals surface area contributed by atoms with Crippen molar-refractivity contribution in [2.45, 2.75) is 61.4 Å². The molecule has 0 saturated carbocycles. The monoisotopic (exact) mass is 485 g/mol. The Morgan fingerprint density at radius 1 is 0.743 bits per heavy atom. The lowest BCUT2D eigenvalue weighted by molar-refractivity contribution is -0.214. The van der Waals surface area contributed by atoms with E-state index in [-0.39, 0.29) is 13.0 Å². The molecule has 4 rings (SSSR count). The first-order valence-electron chi connectivity index (χ1n) is 11.2. The molecule has 2 saturated heterocycles. The van der Waals surface area contributed by atoms with Crippen LogP contribution in [0.5, 0.6) is 0 Å². The van der Waals surface area contributed by atoms with Gasteiger partial charge in [0.1, 0.15) is 42.7 Å². The highest BCUT2D eigenvalue weighted by Crippen LogP contribution is 2.24. The summed E-state index contributed by atoms with van der Waals surface area (Å²) in [5, 5.41) is 70.2. The van der Waals surface area contributed by atoms with Crippen LogP contribution in [0.25, 0.3) is 10.8 Å². The molecule has 9 atom stereocenters. The molecule has 0 bridgehead atoms. The van der Waals surface area contributed by atoms with Gasteiger partial charge >= 0.3 is 0 Å². The molecule has 3 heterocycles. The van der Waals surface area contributed by atoms with Crippen molar-refractivity contribution < 1.29 is 45.2 Å². The molecule has 10 heteroatoms. The fourth-order valence-electron chi connectivity index (χ4n) is 4.11. The van der Waals surface area contributed by atoms with Gasteiger partial charge < -0.3 is 45.2 Å². The fraction of sp³-hybridized carbons (Fsp3) is 0.480. The Labute approximate surface area is 201 Å². The van der Waals surface area contributed by atoms with Crippen LogP contribution in [-0.2, 0) is 9.47 Å². The van der Waals surface area contributed by atoms with Crippen molar-refractivity contribution in [3.63, 3.8) is 0 Å². The van der Waals surface area contributed by atoms with Crippen LogP contribution in [0.3, 0.4) is 0 Å². The van der Waals surface area contributed by atoms with Gasteiger partial charge in [-0.25, -0.2) is 0 Å². The second-order valence-electron chi connectivity index (χ2n) is 8.52. The first-order valence-corrected chi connectivity index (χ1v) is 11.2. The molecule has 0 aliphatic carbocycles. The van der Waals surface area contributed by atoms with Crippen molar-refractivity contribution in [3.05, 3.63) is 41.7 Å². The molecule has 1 aromatic heterocycles. The van der Waals surface area contributed by atoms with Crippen LogP contribution < -0.4 is 0 Å². The van der Waals surface area contributed by atoms with Crippen LogP contribution in [0.4, 0.5) is 0 Å². The average molecular weight is 485 g/mol. The van der Waals surface area contributed by atoms with Gasteiger partial charge in [-0.15, -0.1) is 0 Å². The van der Waals surface area contributed by atoms with Crippen molar-refractivity contribution in [1.82, 2.24) is 4.98 Å². The van der Waals surface area contributed by atoms with E-state index in [4.69, 9.17) is 9.47 Å². The van der Waals surface area contributed by atoms with Crippen molar-refractivity contribution in [2.24, 2.45) is 0 Å². The Balaban J connectivity index is 1.61. The van der Waals surface area contributed by atoms with Crippen LogP contribution >= 0.6 is 0 Å². The normalized spacial score (nSPS) is 35.0. The number of aliphatic hydroxyl groups excluding tert-OH is 7. The highest BCUT2D eigenvalue weighted by Gasteiger charge is 2.42. The Morgan fingerprint density at radius 2 is 1.37 bits per heavy atom. The van der Waals surface area contributed by atoms with Crippen LogP contribution in [0.1, 0.15) is 17.5 Å². The molecule has 2 aliphatic rings. The first-order chi connectivity index (χ1) is 16.8. The van der Waals surface area contributed by atoms with Crippen molar-refractivity contribution >= 4 is 10.8 Å². The second kappa shape index (κ2) is 11.0. The van der Waals surface area contributed by atoms with E-state index in [9.17, 15) is 35.7 Å². The summed E-state index contributed by atoms with van der Waals surface area (Å²) in [5.41, 5.74) is 1.16. The summed E-state index contributed by atoms with van der Waals surface area (Å²) >= 11 is 0. The number of ether oxygens (including phenoxy) is 2. The van der Waals surface area contributed by atoms with E-state index in [0.717, 1.165) is 5.39 Å². The van der Waals surface area contributed by atoms with E-state index in [1.165, 1.54) is 0 Å². The van der Waals surface area contributed by atoms with Crippen LogP contribution in [-0.4, -0.2) is 109 Å². The molecule has 1 aromatic carbocycles. The molecule has 2 aromatic rings. The Kier molecular flexibility index (Phi) is 7.99. The molecule has 0 spiro atoms. The summed E-state index contributed by atoms with van der Waals surface area (Å²) in [7, 11) is 0. The molecule has 2 fully saturated rings. The minimum atomic E-state index is -1.51. The molecule has 0 amide bonds. The highest BCUT2D eigenvalue weighted by atomic mass is 16.5. The third-order valence-corrected chi connectivity index (χ3v) is 6.17. The molecule has 0 radical (unpaired) electrons. The number of pyridine rings is 1. The third-order valence-electron chi connectivity index (χ3n) is 6.17. The first kappa shape index (κ1) is 25.5. The van der Waals surface area contributed by atoms with E-state index >= 15 is 0 Å². The molecule has 2 aliphatic heterocycles. The van der Waals surface area contributed by atoms with Gasteiger partial charge in [0.2, 0.25) is 0 Å². The van der Waals surface area contributed by atoms with Gasteiger partial charge in [0.05, 0.1) is 25.4 Å². The van der Waals surface area contributed by atoms with Gasteiger partial charge in [-0.1, -0.05) is 23.7 Å². The van der Waals surface area contributed by atoms with Crippen molar-refractivity contribution in [1.29, 1.82) is 0 Å². The number of benzene rings is 1. The van der Waals surface area contributed by atoms with Crippen molar-refractivity contribution in [2.75, 3.05) is 13.2 Å². The lowest BCUT2D eigenvalue weighted by Gasteiger charge is -2.37. The topological polar surface area (TPSA) is 173 Å². The van der Waals surface area contributed by atoms with Gasteiger partial charge in [0, 0.05) is 40.7 Å². The molecular weight excluding hydrogens is 458 g/mol. The number of nitrogens with zero attached hydrogens (tertiary/aromatic N) is 1. The SMILES string of the molecule is OCC1OC(C#Cc2ccc(C#CC3OC(CO)[C@@H](O)CC3O)c3ccncc23)C(O)C(O)[C@@H]1O. The van der Waals surface area contributed by atoms with E-state index < -0.39 is 61.5 Å². The van der Waals surface area contributed by atoms with E-state index in [1.54, 1.807) is 30.6 Å². The number of rotatable bonds is 2. The third kappa shape index (κ3) is 5.32. The van der Waals surface area contributed by atoms with Crippen LogP contribution in [0.15, 0.2) is 30.6 Å². The predicted molar refractivity (Wildman–Crippen MR) is 122 cm³/mol. The lowest BCUT2D eigenvalue weighted by atomic mass is 9.95. The summed E-state index contributed by atoms with van der Waals surface area (Å²) in [6, 6.07) is 5.17.